The van der Waals surface area contributed by atoms with Crippen molar-refractivity contribution in [2.45, 2.75) is 23.1 Å². The van der Waals surface area contributed by atoms with Crippen LogP contribution in [0.1, 0.15) is 13.3 Å². The summed E-state index contributed by atoms with van der Waals surface area (Å²) in [6.07, 6.45) is 0.621. The van der Waals surface area contributed by atoms with Gasteiger partial charge in [0.15, 0.2) is 4.34 Å². The molecule has 1 aliphatic heterocycles. The van der Waals surface area contributed by atoms with Crippen molar-refractivity contribution >= 4 is 49.0 Å². The van der Waals surface area contributed by atoms with Crippen LogP contribution in [-0.2, 0) is 4.79 Å². The summed E-state index contributed by atoms with van der Waals surface area (Å²) in [5.74, 6) is 0.218. The van der Waals surface area contributed by atoms with E-state index in [1.54, 1.807) is 32.9 Å². The molecule has 1 aromatic carbocycles. The molecule has 0 bridgehead atoms. The smallest absolute Gasteiger partial charge is 0.226 e. The molecule has 1 aliphatic rings. The van der Waals surface area contributed by atoms with E-state index in [2.05, 4.69) is 17.6 Å². The molecule has 3 nitrogen and oxygen atoms in total. The van der Waals surface area contributed by atoms with E-state index >= 15 is 0 Å². The van der Waals surface area contributed by atoms with Crippen molar-refractivity contribution < 1.29 is 4.79 Å². The monoisotopic (exact) mass is 322 g/mol. The largest absolute Gasteiger partial charge is 0.325 e. The Morgan fingerprint density at radius 3 is 3.05 bits per heavy atom. The summed E-state index contributed by atoms with van der Waals surface area (Å²) in [5.41, 5.74) is 2.07. The number of para-hydroxylation sites is 1. The number of fused-ring (bicyclic) bond motifs is 1. The molecule has 2 heterocycles. The highest BCUT2D eigenvalue weighted by molar-refractivity contribution is 8.77. The summed E-state index contributed by atoms with van der Waals surface area (Å²) in [5, 5.41) is 0.246. The van der Waals surface area contributed by atoms with Crippen LogP contribution in [-0.4, -0.2) is 27.7 Å². The van der Waals surface area contributed by atoms with Crippen molar-refractivity contribution in [3.8, 4) is 0 Å². The second kappa shape index (κ2) is 5.79. The predicted molar refractivity (Wildman–Crippen MR) is 88.0 cm³/mol. The van der Waals surface area contributed by atoms with Crippen LogP contribution in [0.15, 0.2) is 40.8 Å². The lowest BCUT2D eigenvalue weighted by molar-refractivity contribution is -0.140. The second-order valence-corrected chi connectivity index (χ2v) is 8.42. The molecule has 104 valence electrons. The number of thiazole rings is 1. The van der Waals surface area contributed by atoms with Crippen molar-refractivity contribution in [2.75, 3.05) is 6.54 Å². The second-order valence-electron chi connectivity index (χ2n) is 4.76. The standard InChI is InChI=1S/C14H14N2OS3/c1-9(2)8-16-12(17)7-13(16)19-20-14-15-10-5-3-4-6-11(10)18-14/h3-6,13H,1,7-8H2,2H3. The van der Waals surface area contributed by atoms with Crippen molar-refractivity contribution in [3.63, 3.8) is 0 Å². The van der Waals surface area contributed by atoms with Crippen LogP contribution >= 0.6 is 32.9 Å². The Morgan fingerprint density at radius 2 is 2.35 bits per heavy atom. The van der Waals surface area contributed by atoms with Crippen molar-refractivity contribution in [1.29, 1.82) is 0 Å². The highest BCUT2D eigenvalue weighted by atomic mass is 33.1. The Balaban J connectivity index is 1.62. The molecule has 1 unspecified atom stereocenters. The van der Waals surface area contributed by atoms with Crippen LogP contribution in [0.3, 0.4) is 0 Å². The zero-order valence-corrected chi connectivity index (χ0v) is 13.5. The fraction of sp³-hybridized carbons (Fsp3) is 0.286. The number of hydrogen-bond acceptors (Lipinski definition) is 5. The first-order valence-electron chi connectivity index (χ1n) is 6.26. The maximum atomic E-state index is 11.6. The summed E-state index contributed by atoms with van der Waals surface area (Å²) in [6.45, 7) is 6.49. The number of β-lactam (4-membered cyclic amide) rings is 1. The fourth-order valence-electron chi connectivity index (χ4n) is 1.98. The third-order valence-electron chi connectivity index (χ3n) is 2.96. The van der Waals surface area contributed by atoms with E-state index in [0.29, 0.717) is 13.0 Å². The van der Waals surface area contributed by atoms with E-state index in [1.165, 1.54) is 4.70 Å². The lowest BCUT2D eigenvalue weighted by Gasteiger charge is -2.39. The molecule has 1 atom stereocenters. The molecule has 1 saturated heterocycles. The molecule has 1 fully saturated rings. The maximum absolute atomic E-state index is 11.6. The van der Waals surface area contributed by atoms with Gasteiger partial charge in [0.25, 0.3) is 0 Å². The fourth-order valence-corrected chi connectivity index (χ4v) is 5.78. The molecule has 0 aliphatic carbocycles. The van der Waals surface area contributed by atoms with Crippen LogP contribution in [0, 0.1) is 0 Å². The number of benzene rings is 1. The first-order valence-corrected chi connectivity index (χ1v) is 9.29. The Kier molecular flexibility index (Phi) is 4.05. The lowest BCUT2D eigenvalue weighted by Crippen LogP contribution is -2.50. The Labute approximate surface area is 129 Å². The van der Waals surface area contributed by atoms with Gasteiger partial charge in [-0.1, -0.05) is 35.1 Å². The molecule has 0 spiro atoms. The van der Waals surface area contributed by atoms with E-state index < -0.39 is 0 Å². The van der Waals surface area contributed by atoms with Gasteiger partial charge < -0.3 is 4.90 Å². The van der Waals surface area contributed by atoms with Crippen LogP contribution in [0.2, 0.25) is 0 Å². The first kappa shape index (κ1) is 14.0. The molecule has 20 heavy (non-hydrogen) atoms. The van der Waals surface area contributed by atoms with Gasteiger partial charge in [-0.15, -0.1) is 11.3 Å². The third-order valence-corrected chi connectivity index (χ3v) is 7.01. The highest BCUT2D eigenvalue weighted by Gasteiger charge is 2.36. The van der Waals surface area contributed by atoms with E-state index in [9.17, 15) is 4.79 Å². The van der Waals surface area contributed by atoms with Gasteiger partial charge in [-0.3, -0.25) is 4.79 Å². The molecule has 3 rings (SSSR count). The van der Waals surface area contributed by atoms with Crippen LogP contribution in [0.5, 0.6) is 0 Å². The molecule has 6 heteroatoms. The normalized spacial score (nSPS) is 18.4. The molecule has 0 saturated carbocycles. The zero-order chi connectivity index (χ0) is 14.1. The van der Waals surface area contributed by atoms with Gasteiger partial charge in [0, 0.05) is 6.54 Å². The van der Waals surface area contributed by atoms with Crippen molar-refractivity contribution in [2.24, 2.45) is 0 Å². The average Bonchev–Trinajstić information content (AvgIpc) is 2.83. The Bertz CT molecular complexity index is 634. The number of likely N-dealkylation sites (tertiary alicyclic amines) is 1. The molecular weight excluding hydrogens is 308 g/mol. The number of nitrogens with zero attached hydrogens (tertiary/aromatic N) is 2. The number of amides is 1. The first-order chi connectivity index (χ1) is 9.63. The minimum atomic E-state index is 0.218. The summed E-state index contributed by atoms with van der Waals surface area (Å²) >= 11 is 1.70. The zero-order valence-electron chi connectivity index (χ0n) is 11.0. The quantitative estimate of drug-likeness (QED) is 0.470. The molecular formula is C14H14N2OS3. The number of aromatic nitrogens is 1. The Hall–Kier alpha value is -0.980. The summed E-state index contributed by atoms with van der Waals surface area (Å²) in [7, 11) is 3.38. The predicted octanol–water partition coefficient (Wildman–Crippen LogP) is 4.17. The van der Waals surface area contributed by atoms with E-state index in [1.807, 2.05) is 30.0 Å². The van der Waals surface area contributed by atoms with Gasteiger partial charge in [-0.25, -0.2) is 4.98 Å². The van der Waals surface area contributed by atoms with Crippen LogP contribution in [0.25, 0.3) is 10.2 Å². The summed E-state index contributed by atoms with van der Waals surface area (Å²) < 4.78 is 2.25. The lowest BCUT2D eigenvalue weighted by atomic mass is 10.1. The third kappa shape index (κ3) is 2.87. The summed E-state index contributed by atoms with van der Waals surface area (Å²) in [6, 6.07) is 8.15. The SMILES string of the molecule is C=C(C)CN1C(=O)CC1SSc1nc2ccccc2s1. The van der Waals surface area contributed by atoms with Gasteiger partial charge in [0.2, 0.25) is 5.91 Å². The summed E-state index contributed by atoms with van der Waals surface area (Å²) in [4.78, 5) is 18.0. The van der Waals surface area contributed by atoms with E-state index in [0.717, 1.165) is 15.4 Å². The average molecular weight is 322 g/mol. The minimum Gasteiger partial charge on any atom is -0.325 e. The van der Waals surface area contributed by atoms with Crippen molar-refractivity contribution in [3.05, 3.63) is 36.4 Å². The van der Waals surface area contributed by atoms with Gasteiger partial charge in [0.1, 0.15) is 0 Å². The van der Waals surface area contributed by atoms with E-state index in [-0.39, 0.29) is 11.3 Å². The molecule has 1 aromatic heterocycles. The van der Waals surface area contributed by atoms with Gasteiger partial charge in [0.05, 0.1) is 22.0 Å². The molecule has 0 N–H and O–H groups in total. The van der Waals surface area contributed by atoms with Gasteiger partial charge >= 0.3 is 0 Å². The Morgan fingerprint density at radius 1 is 1.55 bits per heavy atom. The highest BCUT2D eigenvalue weighted by Crippen LogP contribution is 2.43. The van der Waals surface area contributed by atoms with Crippen LogP contribution in [0.4, 0.5) is 0 Å². The number of carbonyl (C=O) groups is 1. The van der Waals surface area contributed by atoms with Crippen LogP contribution < -0.4 is 0 Å². The minimum absolute atomic E-state index is 0.218. The maximum Gasteiger partial charge on any atom is 0.226 e. The topological polar surface area (TPSA) is 33.2 Å². The number of hydrogen-bond donors (Lipinski definition) is 0. The molecule has 1 amide bonds. The number of carbonyl (C=O) groups excluding carboxylic acids is 1. The number of rotatable bonds is 5. The molecule has 2 aromatic rings. The molecule has 0 radical (unpaired) electrons. The van der Waals surface area contributed by atoms with E-state index in [4.69, 9.17) is 0 Å². The van der Waals surface area contributed by atoms with Crippen molar-refractivity contribution in [1.82, 2.24) is 9.88 Å². The van der Waals surface area contributed by atoms with Gasteiger partial charge in [-0.2, -0.15) is 0 Å². The van der Waals surface area contributed by atoms with Gasteiger partial charge in [-0.05, 0) is 29.9 Å².